The van der Waals surface area contributed by atoms with E-state index in [1.165, 1.54) is 16.7 Å². The minimum absolute atomic E-state index is 0.00450. The van der Waals surface area contributed by atoms with Gasteiger partial charge < -0.3 is 10.4 Å². The van der Waals surface area contributed by atoms with Gasteiger partial charge in [-0.3, -0.25) is 4.79 Å². The van der Waals surface area contributed by atoms with E-state index < -0.39 is 5.97 Å². The number of rotatable bonds is 4. The van der Waals surface area contributed by atoms with E-state index in [-0.39, 0.29) is 18.1 Å². The van der Waals surface area contributed by atoms with Crippen LogP contribution in [0.1, 0.15) is 25.9 Å². The summed E-state index contributed by atoms with van der Waals surface area (Å²) in [7, 11) is 0. The van der Waals surface area contributed by atoms with Gasteiger partial charge in [0, 0.05) is 9.85 Å². The van der Waals surface area contributed by atoms with Gasteiger partial charge in [0.05, 0.1) is 12.1 Å². The lowest BCUT2D eigenvalue weighted by Gasteiger charge is -2.04. The van der Waals surface area contributed by atoms with Crippen LogP contribution in [-0.4, -0.2) is 22.0 Å². The summed E-state index contributed by atoms with van der Waals surface area (Å²) in [5.74, 6) is -1.31. The molecule has 19 heavy (non-hydrogen) atoms. The summed E-state index contributed by atoms with van der Waals surface area (Å²) in [6.07, 6.45) is 0. The van der Waals surface area contributed by atoms with Crippen LogP contribution in [0.4, 0.5) is 0 Å². The third-order valence-electron chi connectivity index (χ3n) is 2.29. The van der Waals surface area contributed by atoms with Crippen molar-refractivity contribution in [3.05, 3.63) is 50.4 Å². The Kier molecular flexibility index (Phi) is 4.28. The van der Waals surface area contributed by atoms with Gasteiger partial charge in [0.1, 0.15) is 5.01 Å². The highest BCUT2D eigenvalue weighted by Gasteiger charge is 2.11. The molecule has 0 aliphatic heterocycles. The Labute approximate surface area is 121 Å². The normalized spacial score (nSPS) is 10.2. The number of benzene rings is 1. The second-order valence-corrected chi connectivity index (χ2v) is 5.39. The Morgan fingerprint density at radius 2 is 2.11 bits per heavy atom. The predicted octanol–water partition coefficient (Wildman–Crippen LogP) is 2.53. The summed E-state index contributed by atoms with van der Waals surface area (Å²) >= 11 is 4.50. The Morgan fingerprint density at radius 1 is 1.37 bits per heavy atom. The van der Waals surface area contributed by atoms with Crippen molar-refractivity contribution < 1.29 is 14.7 Å². The molecule has 0 unspecified atom stereocenters. The van der Waals surface area contributed by atoms with Crippen LogP contribution >= 0.6 is 27.3 Å². The molecular weight excluding hydrogens is 332 g/mol. The number of hydrogen-bond acceptors (Lipinski definition) is 4. The number of amides is 1. The van der Waals surface area contributed by atoms with Crippen molar-refractivity contribution >= 4 is 39.1 Å². The minimum Gasteiger partial charge on any atom is -0.476 e. The van der Waals surface area contributed by atoms with Crippen molar-refractivity contribution in [2.45, 2.75) is 6.54 Å². The number of aromatic carboxylic acids is 1. The molecule has 7 heteroatoms. The lowest BCUT2D eigenvalue weighted by atomic mass is 10.2. The van der Waals surface area contributed by atoms with Crippen molar-refractivity contribution in [3.8, 4) is 0 Å². The molecule has 0 radical (unpaired) electrons. The monoisotopic (exact) mass is 340 g/mol. The van der Waals surface area contributed by atoms with Crippen LogP contribution in [0.5, 0.6) is 0 Å². The third-order valence-corrected chi connectivity index (χ3v) is 3.83. The Hall–Kier alpha value is -1.73. The zero-order valence-corrected chi connectivity index (χ0v) is 12.0. The molecule has 2 aromatic rings. The molecule has 2 rings (SSSR count). The minimum atomic E-state index is -1.07. The number of halogens is 1. The number of hydrogen-bond donors (Lipinski definition) is 2. The predicted molar refractivity (Wildman–Crippen MR) is 74.4 cm³/mol. The van der Waals surface area contributed by atoms with E-state index in [1.807, 2.05) is 6.07 Å². The maximum absolute atomic E-state index is 11.9. The Morgan fingerprint density at radius 3 is 2.74 bits per heavy atom. The van der Waals surface area contributed by atoms with Gasteiger partial charge >= 0.3 is 5.97 Å². The largest absolute Gasteiger partial charge is 0.476 e. The molecule has 0 bridgehead atoms. The molecule has 0 fully saturated rings. The molecule has 1 heterocycles. The standard InChI is InChI=1S/C12H9BrN2O3S/c13-8-4-2-1-3-7(8)11(16)14-5-10-15-9(6-19-10)12(17)18/h1-4,6H,5H2,(H,14,16)(H,17,18). The molecule has 0 aliphatic carbocycles. The lowest BCUT2D eigenvalue weighted by Crippen LogP contribution is -2.23. The number of carboxylic acid groups (broad SMARTS) is 1. The number of nitrogens with one attached hydrogen (secondary N) is 1. The first-order chi connectivity index (χ1) is 9.08. The highest BCUT2D eigenvalue weighted by Crippen LogP contribution is 2.16. The first-order valence-corrected chi connectivity index (χ1v) is 6.95. The van der Waals surface area contributed by atoms with Gasteiger partial charge in [0.25, 0.3) is 5.91 Å². The lowest BCUT2D eigenvalue weighted by molar-refractivity contribution is 0.0691. The highest BCUT2D eigenvalue weighted by atomic mass is 79.9. The second kappa shape index (κ2) is 5.94. The molecule has 0 atom stereocenters. The van der Waals surface area contributed by atoms with E-state index in [2.05, 4.69) is 26.2 Å². The number of carbonyl (C=O) groups is 2. The molecule has 1 aromatic carbocycles. The molecule has 1 amide bonds. The van der Waals surface area contributed by atoms with E-state index in [1.54, 1.807) is 18.2 Å². The zero-order chi connectivity index (χ0) is 13.8. The van der Waals surface area contributed by atoms with Crippen LogP contribution in [0, 0.1) is 0 Å². The van der Waals surface area contributed by atoms with Gasteiger partial charge in [-0.2, -0.15) is 0 Å². The fraction of sp³-hybridized carbons (Fsp3) is 0.0833. The van der Waals surface area contributed by atoms with Crippen molar-refractivity contribution in [3.63, 3.8) is 0 Å². The summed E-state index contributed by atoms with van der Waals surface area (Å²) in [6.45, 7) is 0.206. The molecule has 1 aromatic heterocycles. The average molecular weight is 341 g/mol. The van der Waals surface area contributed by atoms with Crippen LogP contribution in [0.2, 0.25) is 0 Å². The topological polar surface area (TPSA) is 79.3 Å². The van der Waals surface area contributed by atoms with Crippen LogP contribution in [0.15, 0.2) is 34.1 Å². The number of thiazole rings is 1. The first kappa shape index (κ1) is 13.7. The van der Waals surface area contributed by atoms with E-state index in [4.69, 9.17) is 5.11 Å². The number of carbonyl (C=O) groups excluding carboxylic acids is 1. The maximum atomic E-state index is 11.9. The quantitative estimate of drug-likeness (QED) is 0.896. The van der Waals surface area contributed by atoms with Crippen molar-refractivity contribution in [1.82, 2.24) is 10.3 Å². The molecule has 2 N–H and O–H groups in total. The van der Waals surface area contributed by atoms with Gasteiger partial charge in [-0.05, 0) is 28.1 Å². The molecule has 0 saturated carbocycles. The van der Waals surface area contributed by atoms with E-state index in [0.717, 1.165) is 0 Å². The van der Waals surface area contributed by atoms with Crippen molar-refractivity contribution in [2.24, 2.45) is 0 Å². The van der Waals surface area contributed by atoms with Crippen LogP contribution in [0.25, 0.3) is 0 Å². The zero-order valence-electron chi connectivity index (χ0n) is 9.59. The van der Waals surface area contributed by atoms with E-state index in [0.29, 0.717) is 15.0 Å². The molecule has 0 spiro atoms. The summed E-state index contributed by atoms with van der Waals surface area (Å²) in [4.78, 5) is 26.5. The molecule has 98 valence electrons. The number of carboxylic acids is 1. The molecule has 0 saturated heterocycles. The maximum Gasteiger partial charge on any atom is 0.355 e. The van der Waals surface area contributed by atoms with Gasteiger partial charge in [-0.25, -0.2) is 9.78 Å². The third kappa shape index (κ3) is 3.39. The van der Waals surface area contributed by atoms with Gasteiger partial charge in [0.2, 0.25) is 0 Å². The molecule has 0 aliphatic rings. The Balaban J connectivity index is 2.00. The van der Waals surface area contributed by atoms with E-state index >= 15 is 0 Å². The SMILES string of the molecule is O=C(O)c1csc(CNC(=O)c2ccccc2Br)n1. The fourth-order valence-corrected chi connectivity index (χ4v) is 2.56. The smallest absolute Gasteiger partial charge is 0.355 e. The fourth-order valence-electron chi connectivity index (χ4n) is 1.39. The second-order valence-electron chi connectivity index (χ2n) is 3.59. The van der Waals surface area contributed by atoms with Crippen LogP contribution in [0.3, 0.4) is 0 Å². The van der Waals surface area contributed by atoms with Crippen LogP contribution < -0.4 is 5.32 Å². The first-order valence-electron chi connectivity index (χ1n) is 5.28. The molecular formula is C12H9BrN2O3S. The van der Waals surface area contributed by atoms with Gasteiger partial charge in [-0.1, -0.05) is 12.1 Å². The number of aromatic nitrogens is 1. The average Bonchev–Trinajstić information content (AvgIpc) is 2.85. The van der Waals surface area contributed by atoms with E-state index in [9.17, 15) is 9.59 Å². The van der Waals surface area contributed by atoms with Crippen molar-refractivity contribution in [2.75, 3.05) is 0 Å². The van der Waals surface area contributed by atoms with Crippen LogP contribution in [-0.2, 0) is 6.54 Å². The summed E-state index contributed by atoms with van der Waals surface area (Å²) in [6, 6.07) is 7.07. The van der Waals surface area contributed by atoms with Crippen molar-refractivity contribution in [1.29, 1.82) is 0 Å². The summed E-state index contributed by atoms with van der Waals surface area (Å²) < 4.78 is 0.706. The van der Waals surface area contributed by atoms with Gasteiger partial charge in [0.15, 0.2) is 5.69 Å². The highest BCUT2D eigenvalue weighted by molar-refractivity contribution is 9.10. The summed E-state index contributed by atoms with van der Waals surface area (Å²) in [5.41, 5.74) is 0.521. The number of nitrogens with zero attached hydrogens (tertiary/aromatic N) is 1. The Bertz CT molecular complexity index is 627. The summed E-state index contributed by atoms with van der Waals surface area (Å²) in [5, 5.41) is 13.4. The molecule has 5 nitrogen and oxygen atoms in total. The van der Waals surface area contributed by atoms with Gasteiger partial charge in [-0.15, -0.1) is 11.3 Å².